The van der Waals surface area contributed by atoms with Gasteiger partial charge < -0.3 is 0 Å². The third-order valence-electron chi connectivity index (χ3n) is 2.30. The van der Waals surface area contributed by atoms with Gasteiger partial charge in [0.15, 0.2) is 0 Å². The molecule has 0 unspecified atom stereocenters. The molecule has 17 heavy (non-hydrogen) atoms. The van der Waals surface area contributed by atoms with Gasteiger partial charge in [-0.15, -0.1) is 12.4 Å². The Bertz CT molecular complexity index is 523. The molecule has 1 aromatic carbocycles. The lowest BCUT2D eigenvalue weighted by atomic mass is 10.2. The maximum Gasteiger partial charge on any atom is 0.271 e. The highest BCUT2D eigenvalue weighted by Gasteiger charge is 2.13. The number of nitro benzene ring substituents is 1. The number of non-ortho nitro benzene ring substituents is 1. The van der Waals surface area contributed by atoms with Crippen LogP contribution < -0.4 is 0 Å². The molecule has 0 spiro atoms. The molecule has 1 aliphatic rings. The third-order valence-corrected chi connectivity index (χ3v) is 2.30. The molecule has 6 heteroatoms. The molecule has 2 rings (SSSR count). The number of hydrogen-bond acceptors (Lipinski definition) is 4. The number of nitrogens with zero attached hydrogens (tertiary/aromatic N) is 3. The second-order valence-electron chi connectivity index (χ2n) is 3.80. The summed E-state index contributed by atoms with van der Waals surface area (Å²) in [4.78, 5) is 18.9. The molecule has 0 aromatic heterocycles. The predicted octanol–water partition coefficient (Wildman–Crippen LogP) is 3.61. The van der Waals surface area contributed by atoms with Crippen molar-refractivity contribution in [1.29, 1.82) is 0 Å². The van der Waals surface area contributed by atoms with Crippen molar-refractivity contribution in [2.45, 2.75) is 20.3 Å². The minimum Gasteiger partial charge on any atom is -0.258 e. The minimum absolute atomic E-state index is 0. The number of halogens is 1. The van der Waals surface area contributed by atoms with Crippen LogP contribution in [0.3, 0.4) is 0 Å². The molecule has 0 fully saturated rings. The number of hydrogen-bond donors (Lipinski definition) is 0. The lowest BCUT2D eigenvalue weighted by Gasteiger charge is -1.99. The molecule has 1 aromatic rings. The zero-order chi connectivity index (χ0) is 11.7. The van der Waals surface area contributed by atoms with Gasteiger partial charge in [0.05, 0.1) is 16.3 Å². The molecule has 0 atom stereocenters. The zero-order valence-corrected chi connectivity index (χ0v) is 10.3. The second-order valence-corrected chi connectivity index (χ2v) is 3.80. The van der Waals surface area contributed by atoms with Gasteiger partial charge >= 0.3 is 0 Å². The normalized spacial score (nSPS) is 13.8. The summed E-state index contributed by atoms with van der Waals surface area (Å²) in [6, 6.07) is 4.55. The van der Waals surface area contributed by atoms with Gasteiger partial charge in [-0.05, 0) is 19.9 Å². The van der Waals surface area contributed by atoms with Gasteiger partial charge in [-0.3, -0.25) is 20.1 Å². The minimum atomic E-state index is -0.424. The van der Waals surface area contributed by atoms with Crippen LogP contribution in [0.4, 0.5) is 17.1 Å². The maximum atomic E-state index is 10.6. The summed E-state index contributed by atoms with van der Waals surface area (Å²) < 4.78 is 0. The molecule has 90 valence electrons. The molecule has 1 aliphatic heterocycles. The van der Waals surface area contributed by atoms with Gasteiger partial charge in [0.25, 0.3) is 5.69 Å². The standard InChI is InChI=1S/C11H11N3O2.ClH/c1-7-5-8(2)13-11-6-9(14(15)16)3-4-10(11)12-7;/h3-4,6H,5H2,1-2H3;1H. The van der Waals surface area contributed by atoms with Crippen molar-refractivity contribution in [2.24, 2.45) is 9.98 Å². The van der Waals surface area contributed by atoms with Gasteiger partial charge in [-0.2, -0.15) is 0 Å². The van der Waals surface area contributed by atoms with E-state index in [4.69, 9.17) is 0 Å². The average molecular weight is 254 g/mol. The van der Waals surface area contributed by atoms with E-state index in [1.807, 2.05) is 13.8 Å². The van der Waals surface area contributed by atoms with Crippen LogP contribution >= 0.6 is 12.4 Å². The molecule has 0 saturated carbocycles. The highest BCUT2D eigenvalue weighted by molar-refractivity contribution is 6.06. The van der Waals surface area contributed by atoms with Crippen LogP contribution in [0, 0.1) is 10.1 Å². The second kappa shape index (κ2) is 5.05. The van der Waals surface area contributed by atoms with E-state index in [9.17, 15) is 10.1 Å². The van der Waals surface area contributed by atoms with Crippen LogP contribution in [-0.4, -0.2) is 16.3 Å². The Morgan fingerprint density at radius 2 is 1.76 bits per heavy atom. The van der Waals surface area contributed by atoms with Gasteiger partial charge in [-0.1, -0.05) is 0 Å². The Morgan fingerprint density at radius 1 is 1.18 bits per heavy atom. The van der Waals surface area contributed by atoms with Gasteiger partial charge in [0.1, 0.15) is 0 Å². The number of aliphatic imine (C=N–C) groups is 2. The zero-order valence-electron chi connectivity index (χ0n) is 9.51. The summed E-state index contributed by atoms with van der Waals surface area (Å²) in [6.07, 6.45) is 0.711. The molecule has 0 amide bonds. The van der Waals surface area contributed by atoms with Crippen LogP contribution in [0.2, 0.25) is 0 Å². The summed E-state index contributed by atoms with van der Waals surface area (Å²) in [5.41, 5.74) is 3.20. The maximum absolute atomic E-state index is 10.6. The van der Waals surface area contributed by atoms with E-state index in [1.54, 1.807) is 6.07 Å². The third kappa shape index (κ3) is 2.88. The fourth-order valence-corrected chi connectivity index (χ4v) is 1.67. The van der Waals surface area contributed by atoms with Crippen LogP contribution in [0.25, 0.3) is 0 Å². The van der Waals surface area contributed by atoms with Crippen molar-refractivity contribution >= 4 is 40.9 Å². The fourth-order valence-electron chi connectivity index (χ4n) is 1.67. The van der Waals surface area contributed by atoms with Crippen LogP contribution in [0.15, 0.2) is 28.2 Å². The first-order valence-corrected chi connectivity index (χ1v) is 4.93. The predicted molar refractivity (Wildman–Crippen MR) is 70.5 cm³/mol. The summed E-state index contributed by atoms with van der Waals surface area (Å²) in [5.74, 6) is 0. The average Bonchev–Trinajstić information content (AvgIpc) is 2.32. The largest absolute Gasteiger partial charge is 0.271 e. The molecule has 0 saturated heterocycles. The first-order chi connectivity index (χ1) is 7.56. The van der Waals surface area contributed by atoms with Crippen LogP contribution in [-0.2, 0) is 0 Å². The summed E-state index contributed by atoms with van der Waals surface area (Å²) in [7, 11) is 0. The molecule has 1 heterocycles. The number of rotatable bonds is 1. The Kier molecular flexibility index (Phi) is 3.96. The first-order valence-electron chi connectivity index (χ1n) is 4.93. The fraction of sp³-hybridized carbons (Fsp3) is 0.273. The van der Waals surface area contributed by atoms with Crippen molar-refractivity contribution in [1.82, 2.24) is 0 Å². The number of benzene rings is 1. The van der Waals surface area contributed by atoms with E-state index < -0.39 is 4.92 Å². The van der Waals surface area contributed by atoms with E-state index in [2.05, 4.69) is 9.98 Å². The first kappa shape index (κ1) is 13.3. The Hall–Kier alpha value is -1.75. The lowest BCUT2D eigenvalue weighted by molar-refractivity contribution is -0.384. The molecular weight excluding hydrogens is 242 g/mol. The van der Waals surface area contributed by atoms with Gasteiger partial charge in [0.2, 0.25) is 0 Å². The number of nitro groups is 1. The molecule has 0 radical (unpaired) electrons. The van der Waals surface area contributed by atoms with E-state index in [1.165, 1.54) is 12.1 Å². The van der Waals surface area contributed by atoms with Crippen molar-refractivity contribution in [3.05, 3.63) is 28.3 Å². The van der Waals surface area contributed by atoms with E-state index in [-0.39, 0.29) is 18.1 Å². The Labute approximate surface area is 105 Å². The highest BCUT2D eigenvalue weighted by atomic mass is 35.5. The summed E-state index contributed by atoms with van der Waals surface area (Å²) in [5, 5.41) is 10.6. The SMILES string of the molecule is CC1=Nc2ccc([N+](=O)[O-])cc2N=C(C)C1.Cl. The summed E-state index contributed by atoms with van der Waals surface area (Å²) >= 11 is 0. The quantitative estimate of drug-likeness (QED) is 0.567. The van der Waals surface area contributed by atoms with Crippen molar-refractivity contribution in [2.75, 3.05) is 0 Å². The smallest absolute Gasteiger partial charge is 0.258 e. The van der Waals surface area contributed by atoms with Crippen molar-refractivity contribution in [3.63, 3.8) is 0 Å². The van der Waals surface area contributed by atoms with E-state index in [0.29, 0.717) is 17.8 Å². The van der Waals surface area contributed by atoms with E-state index in [0.717, 1.165) is 11.4 Å². The topological polar surface area (TPSA) is 67.9 Å². The van der Waals surface area contributed by atoms with Crippen LogP contribution in [0.5, 0.6) is 0 Å². The Balaban J connectivity index is 0.00000144. The van der Waals surface area contributed by atoms with Gasteiger partial charge in [-0.25, -0.2) is 0 Å². The molecular formula is C11H12ClN3O2. The van der Waals surface area contributed by atoms with Crippen molar-refractivity contribution < 1.29 is 4.92 Å². The monoisotopic (exact) mass is 253 g/mol. The van der Waals surface area contributed by atoms with Gasteiger partial charge in [0, 0.05) is 30.0 Å². The molecule has 5 nitrogen and oxygen atoms in total. The highest BCUT2D eigenvalue weighted by Crippen LogP contribution is 2.34. The Morgan fingerprint density at radius 3 is 2.35 bits per heavy atom. The van der Waals surface area contributed by atoms with Crippen LogP contribution in [0.1, 0.15) is 20.3 Å². The molecule has 0 aliphatic carbocycles. The molecule has 0 N–H and O–H groups in total. The van der Waals surface area contributed by atoms with Crippen molar-refractivity contribution in [3.8, 4) is 0 Å². The molecule has 0 bridgehead atoms. The lowest BCUT2D eigenvalue weighted by Crippen LogP contribution is -1.97. The van der Waals surface area contributed by atoms with E-state index >= 15 is 0 Å². The number of fused-ring (bicyclic) bond motifs is 1. The summed E-state index contributed by atoms with van der Waals surface area (Å²) in [6.45, 7) is 3.82.